The van der Waals surface area contributed by atoms with Crippen LogP contribution in [-0.4, -0.2) is 39.3 Å². The van der Waals surface area contributed by atoms with E-state index >= 15 is 0 Å². The van der Waals surface area contributed by atoms with Crippen molar-refractivity contribution in [1.29, 1.82) is 0 Å². The Kier molecular flexibility index (Phi) is 9.36. The summed E-state index contributed by atoms with van der Waals surface area (Å²) in [6.07, 6.45) is 4.45. The summed E-state index contributed by atoms with van der Waals surface area (Å²) < 4.78 is 5.83. The van der Waals surface area contributed by atoms with Gasteiger partial charge in [0.05, 0.1) is 12.3 Å². The molecule has 0 spiro atoms. The van der Waals surface area contributed by atoms with Gasteiger partial charge in [-0.2, -0.15) is 0 Å². The molecule has 0 radical (unpaired) electrons. The van der Waals surface area contributed by atoms with Gasteiger partial charge in [0.25, 0.3) is 17.4 Å². The first-order valence-corrected chi connectivity index (χ1v) is 13.6. The lowest BCUT2D eigenvalue weighted by atomic mass is 9.93. The van der Waals surface area contributed by atoms with Gasteiger partial charge in [-0.05, 0) is 69.4 Å². The molecule has 0 fully saturated rings. The van der Waals surface area contributed by atoms with Crippen LogP contribution in [0.3, 0.4) is 0 Å². The molecule has 1 aliphatic heterocycles. The summed E-state index contributed by atoms with van der Waals surface area (Å²) in [6, 6.07) is 13.8. The molecule has 0 saturated carbocycles. The molecule has 2 N–H and O–H groups in total. The minimum absolute atomic E-state index is 0.137. The Balaban J connectivity index is 0.000000218. The van der Waals surface area contributed by atoms with Gasteiger partial charge in [-0.15, -0.1) is 10.2 Å². The molecule has 212 valence electrons. The third-order valence-electron chi connectivity index (χ3n) is 6.49. The summed E-state index contributed by atoms with van der Waals surface area (Å²) in [5.41, 5.74) is 2.69. The monoisotopic (exact) mass is 595 g/mol. The van der Waals surface area contributed by atoms with Crippen LogP contribution in [0.2, 0.25) is 5.02 Å². The van der Waals surface area contributed by atoms with Crippen molar-refractivity contribution in [2.45, 2.75) is 39.5 Å². The SMILES string of the molecule is CCOC(=O)/C(Cl)=C/c1cc(N2C(=O)C3=C(CCCC3)C2=O)ccc1Cl.Cc1nnc(-c2ccccc2)c(=O)n1N. The van der Waals surface area contributed by atoms with Gasteiger partial charge in [0.2, 0.25) is 0 Å². The van der Waals surface area contributed by atoms with Crippen LogP contribution in [-0.2, 0) is 19.1 Å². The molecular weight excluding hydrogens is 569 g/mol. The van der Waals surface area contributed by atoms with Crippen LogP contribution in [0.1, 0.15) is 44.0 Å². The van der Waals surface area contributed by atoms with Crippen molar-refractivity contribution in [2.75, 3.05) is 17.3 Å². The third kappa shape index (κ3) is 6.39. The number of nitrogen functional groups attached to an aromatic ring is 1. The van der Waals surface area contributed by atoms with Crippen molar-refractivity contribution < 1.29 is 19.1 Å². The Labute approximate surface area is 246 Å². The Bertz CT molecular complexity index is 1600. The van der Waals surface area contributed by atoms with Crippen molar-refractivity contribution in [3.63, 3.8) is 0 Å². The minimum Gasteiger partial charge on any atom is -0.462 e. The summed E-state index contributed by atoms with van der Waals surface area (Å²) in [5.74, 6) is 4.69. The summed E-state index contributed by atoms with van der Waals surface area (Å²) >= 11 is 12.1. The zero-order valence-corrected chi connectivity index (χ0v) is 23.9. The fourth-order valence-corrected chi connectivity index (χ4v) is 4.75. The number of nitrogens with two attached hydrogens (primary N) is 1. The number of carbonyl (C=O) groups is 3. The first-order valence-electron chi connectivity index (χ1n) is 12.9. The van der Waals surface area contributed by atoms with Crippen LogP contribution in [0.4, 0.5) is 5.69 Å². The van der Waals surface area contributed by atoms with Crippen LogP contribution in [0.5, 0.6) is 0 Å². The normalized spacial score (nSPS) is 14.9. The lowest BCUT2D eigenvalue weighted by Crippen LogP contribution is -2.32. The van der Waals surface area contributed by atoms with E-state index in [0.717, 1.165) is 17.5 Å². The summed E-state index contributed by atoms with van der Waals surface area (Å²) in [6.45, 7) is 3.50. The molecule has 12 heteroatoms. The summed E-state index contributed by atoms with van der Waals surface area (Å²) in [5, 5.41) is 7.85. The highest BCUT2D eigenvalue weighted by Gasteiger charge is 2.39. The molecule has 5 rings (SSSR count). The van der Waals surface area contributed by atoms with E-state index in [1.165, 1.54) is 11.0 Å². The minimum atomic E-state index is -0.666. The van der Waals surface area contributed by atoms with E-state index in [1.807, 2.05) is 18.2 Å². The molecule has 1 aliphatic carbocycles. The molecule has 0 unspecified atom stereocenters. The predicted molar refractivity (Wildman–Crippen MR) is 157 cm³/mol. The maximum atomic E-state index is 12.7. The van der Waals surface area contributed by atoms with Crippen molar-refractivity contribution in [3.05, 3.63) is 91.5 Å². The van der Waals surface area contributed by atoms with E-state index in [0.29, 0.717) is 51.6 Å². The number of hydrogen-bond acceptors (Lipinski definition) is 8. The van der Waals surface area contributed by atoms with Gasteiger partial charge in [-0.3, -0.25) is 14.4 Å². The number of benzene rings is 2. The summed E-state index contributed by atoms with van der Waals surface area (Å²) in [7, 11) is 0. The number of hydrogen-bond donors (Lipinski definition) is 1. The number of aryl methyl sites for hydroxylation is 1. The lowest BCUT2D eigenvalue weighted by Gasteiger charge is -2.16. The number of esters is 1. The predicted octanol–water partition coefficient (Wildman–Crippen LogP) is 4.55. The molecular formula is C29H27Cl2N5O5. The molecule has 2 aliphatic rings. The third-order valence-corrected chi connectivity index (χ3v) is 7.10. The van der Waals surface area contributed by atoms with Crippen LogP contribution in [0.15, 0.2) is 69.5 Å². The molecule has 1 aromatic heterocycles. The number of rotatable bonds is 5. The average Bonchev–Trinajstić information content (AvgIpc) is 3.23. The smallest absolute Gasteiger partial charge is 0.349 e. The van der Waals surface area contributed by atoms with E-state index in [4.69, 9.17) is 33.8 Å². The van der Waals surface area contributed by atoms with E-state index in [9.17, 15) is 19.2 Å². The number of halogens is 2. The van der Waals surface area contributed by atoms with E-state index in [1.54, 1.807) is 44.2 Å². The first-order chi connectivity index (χ1) is 19.6. The number of imide groups is 1. The Morgan fingerprint density at radius 2 is 1.66 bits per heavy atom. The zero-order valence-electron chi connectivity index (χ0n) is 22.4. The maximum Gasteiger partial charge on any atom is 0.349 e. The lowest BCUT2D eigenvalue weighted by molar-refractivity contribution is -0.137. The summed E-state index contributed by atoms with van der Waals surface area (Å²) in [4.78, 5) is 49.9. The number of ether oxygens (including phenoxy) is 1. The van der Waals surface area contributed by atoms with Crippen molar-refractivity contribution in [1.82, 2.24) is 14.9 Å². The first kappa shape index (κ1) is 29.7. The number of carbonyl (C=O) groups excluding carboxylic acids is 3. The molecule has 41 heavy (non-hydrogen) atoms. The number of aromatic nitrogens is 3. The topological polar surface area (TPSA) is 137 Å². The van der Waals surface area contributed by atoms with Crippen molar-refractivity contribution in [2.24, 2.45) is 0 Å². The Morgan fingerprint density at radius 1 is 1.02 bits per heavy atom. The Morgan fingerprint density at radius 3 is 2.27 bits per heavy atom. The molecule has 0 bridgehead atoms. The fourth-order valence-electron chi connectivity index (χ4n) is 4.40. The molecule has 2 aromatic carbocycles. The van der Waals surface area contributed by atoms with E-state index < -0.39 is 5.97 Å². The number of anilines is 1. The van der Waals surface area contributed by atoms with Gasteiger partial charge in [-0.1, -0.05) is 53.5 Å². The van der Waals surface area contributed by atoms with Crippen LogP contribution in [0, 0.1) is 6.92 Å². The van der Waals surface area contributed by atoms with Crippen LogP contribution >= 0.6 is 23.2 Å². The van der Waals surface area contributed by atoms with Gasteiger partial charge >= 0.3 is 5.97 Å². The molecule has 2 heterocycles. The van der Waals surface area contributed by atoms with Crippen LogP contribution in [0.25, 0.3) is 17.3 Å². The van der Waals surface area contributed by atoms with Gasteiger partial charge < -0.3 is 10.6 Å². The molecule has 3 aromatic rings. The molecule has 10 nitrogen and oxygen atoms in total. The average molecular weight is 596 g/mol. The standard InChI is InChI=1S/C19H17Cl2NO4.C10H10N4O/c1-2-26-19(25)16(21)10-11-9-12(7-8-15(11)20)22-17(23)13-5-3-4-6-14(13)18(22)24;1-7-12-13-9(10(15)14(7)11)8-5-3-2-4-6-8/h7-10H,2-6H2,1H3;2-6H,11H2,1H3/b16-10-;. The molecule has 0 saturated heterocycles. The quantitative estimate of drug-likeness (QED) is 0.196. The van der Waals surface area contributed by atoms with E-state index in [-0.39, 0.29) is 34.7 Å². The second-order valence-electron chi connectivity index (χ2n) is 9.17. The number of nitrogens with zero attached hydrogens (tertiary/aromatic N) is 4. The fraction of sp³-hybridized carbons (Fsp3) is 0.241. The second kappa shape index (κ2) is 12.9. The van der Waals surface area contributed by atoms with Gasteiger partial charge in [-0.25, -0.2) is 14.4 Å². The van der Waals surface area contributed by atoms with Crippen LogP contribution < -0.4 is 16.3 Å². The van der Waals surface area contributed by atoms with Gasteiger partial charge in [0.15, 0.2) is 11.5 Å². The highest BCUT2D eigenvalue weighted by molar-refractivity contribution is 6.43. The van der Waals surface area contributed by atoms with Crippen molar-refractivity contribution in [3.8, 4) is 11.3 Å². The van der Waals surface area contributed by atoms with Gasteiger partial charge in [0.1, 0.15) is 5.03 Å². The second-order valence-corrected chi connectivity index (χ2v) is 9.98. The molecule has 2 amide bonds. The molecule has 0 atom stereocenters. The highest BCUT2D eigenvalue weighted by atomic mass is 35.5. The number of amides is 2. The highest BCUT2D eigenvalue weighted by Crippen LogP contribution is 2.37. The van der Waals surface area contributed by atoms with Crippen molar-refractivity contribution >= 4 is 52.7 Å². The zero-order chi connectivity index (χ0) is 29.7. The van der Waals surface area contributed by atoms with Gasteiger partial charge in [0, 0.05) is 21.7 Å². The largest absolute Gasteiger partial charge is 0.462 e. The van der Waals surface area contributed by atoms with E-state index in [2.05, 4.69) is 10.2 Å². The Hall–Kier alpha value is -4.28. The maximum absolute atomic E-state index is 12.7.